The first-order chi connectivity index (χ1) is 14.1. The molecule has 0 atom stereocenters. The van der Waals surface area contributed by atoms with Crippen molar-refractivity contribution in [1.29, 1.82) is 0 Å². The predicted octanol–water partition coefficient (Wildman–Crippen LogP) is 4.62. The normalized spacial score (nSPS) is 10.7. The number of halogens is 1. The average molecular weight is 389 g/mol. The lowest BCUT2D eigenvalue weighted by molar-refractivity contribution is -0.118. The van der Waals surface area contributed by atoms with Crippen LogP contribution < -0.4 is 15.5 Å². The summed E-state index contributed by atoms with van der Waals surface area (Å²) in [4.78, 5) is 24.5. The number of anilines is 1. The lowest BCUT2D eigenvalue weighted by Gasteiger charge is -2.09. The lowest BCUT2D eigenvalue weighted by atomic mass is 10.1. The number of hydrogen-bond donors (Lipinski definition) is 1. The van der Waals surface area contributed by atoms with E-state index in [1.165, 1.54) is 30.3 Å². The van der Waals surface area contributed by atoms with E-state index in [0.29, 0.717) is 22.5 Å². The van der Waals surface area contributed by atoms with E-state index in [-0.39, 0.29) is 17.7 Å². The zero-order valence-electron chi connectivity index (χ0n) is 15.2. The molecule has 0 unspecified atom stereocenters. The highest BCUT2D eigenvalue weighted by Gasteiger charge is 2.10. The molecule has 144 valence electrons. The van der Waals surface area contributed by atoms with Crippen LogP contribution in [0.3, 0.4) is 0 Å². The van der Waals surface area contributed by atoms with Gasteiger partial charge in [0, 0.05) is 11.6 Å². The van der Waals surface area contributed by atoms with Crippen molar-refractivity contribution in [3.8, 4) is 17.1 Å². The zero-order chi connectivity index (χ0) is 20.2. The number of carbonyl (C=O) groups is 1. The molecule has 0 radical (unpaired) electrons. The second-order valence-corrected chi connectivity index (χ2v) is 6.32. The van der Waals surface area contributed by atoms with Crippen LogP contribution in [0.25, 0.3) is 22.3 Å². The maximum atomic E-state index is 13.6. The Morgan fingerprint density at radius 2 is 1.72 bits per heavy atom. The van der Waals surface area contributed by atoms with Gasteiger partial charge in [0.15, 0.2) is 12.0 Å². The van der Waals surface area contributed by atoms with Crippen molar-refractivity contribution >= 4 is 22.6 Å². The molecule has 0 spiro atoms. The van der Waals surface area contributed by atoms with E-state index in [4.69, 9.17) is 9.15 Å². The average Bonchev–Trinajstić information content (AvgIpc) is 2.74. The Morgan fingerprint density at radius 1 is 0.966 bits per heavy atom. The summed E-state index contributed by atoms with van der Waals surface area (Å²) in [6, 6.07) is 21.4. The smallest absolute Gasteiger partial charge is 0.262 e. The number of ether oxygens (including phenoxy) is 1. The molecule has 0 fully saturated rings. The van der Waals surface area contributed by atoms with Crippen molar-refractivity contribution < 1.29 is 18.3 Å². The van der Waals surface area contributed by atoms with Gasteiger partial charge in [-0.3, -0.25) is 9.59 Å². The van der Waals surface area contributed by atoms with Crippen molar-refractivity contribution in [3.63, 3.8) is 0 Å². The molecule has 1 heterocycles. The molecule has 1 aromatic heterocycles. The van der Waals surface area contributed by atoms with Gasteiger partial charge in [-0.05, 0) is 30.3 Å². The van der Waals surface area contributed by atoms with Gasteiger partial charge in [-0.2, -0.15) is 0 Å². The Hall–Kier alpha value is -3.93. The van der Waals surface area contributed by atoms with Crippen LogP contribution in [-0.2, 0) is 4.79 Å². The molecule has 29 heavy (non-hydrogen) atoms. The van der Waals surface area contributed by atoms with E-state index in [1.54, 1.807) is 18.2 Å². The molecule has 0 saturated carbocycles. The molecule has 4 aromatic rings. The van der Waals surface area contributed by atoms with Crippen LogP contribution in [0, 0.1) is 5.82 Å². The Balaban J connectivity index is 1.50. The quantitative estimate of drug-likeness (QED) is 0.541. The Kier molecular flexibility index (Phi) is 5.07. The third-order valence-corrected chi connectivity index (χ3v) is 4.27. The van der Waals surface area contributed by atoms with Gasteiger partial charge in [0.05, 0.1) is 11.1 Å². The van der Waals surface area contributed by atoms with Crippen molar-refractivity contribution in [3.05, 3.63) is 94.9 Å². The maximum Gasteiger partial charge on any atom is 0.262 e. The van der Waals surface area contributed by atoms with Crippen LogP contribution in [0.5, 0.6) is 5.75 Å². The minimum Gasteiger partial charge on any atom is -0.484 e. The highest BCUT2D eigenvalue weighted by molar-refractivity contribution is 5.92. The molecule has 0 aliphatic rings. The van der Waals surface area contributed by atoms with Crippen molar-refractivity contribution in [2.24, 2.45) is 0 Å². The Bertz CT molecular complexity index is 1230. The molecular weight excluding hydrogens is 373 g/mol. The monoisotopic (exact) mass is 389 g/mol. The van der Waals surface area contributed by atoms with Gasteiger partial charge in [0.1, 0.15) is 22.9 Å². The summed E-state index contributed by atoms with van der Waals surface area (Å²) >= 11 is 0. The summed E-state index contributed by atoms with van der Waals surface area (Å²) in [5.74, 6) is -0.234. The largest absolute Gasteiger partial charge is 0.484 e. The number of nitrogens with one attached hydrogen (secondary N) is 1. The molecule has 0 aliphatic carbocycles. The van der Waals surface area contributed by atoms with E-state index in [9.17, 15) is 14.0 Å². The van der Waals surface area contributed by atoms with Crippen LogP contribution in [0.4, 0.5) is 10.1 Å². The van der Waals surface area contributed by atoms with Crippen molar-refractivity contribution in [2.75, 3.05) is 11.9 Å². The number of para-hydroxylation sites is 1. The first-order valence-electron chi connectivity index (χ1n) is 8.91. The summed E-state index contributed by atoms with van der Waals surface area (Å²) in [6.07, 6.45) is 0. The molecule has 6 heteroatoms. The van der Waals surface area contributed by atoms with Gasteiger partial charge >= 0.3 is 0 Å². The SMILES string of the molecule is O=C(COc1ccc2oc(-c3ccccc3)cc(=O)c2c1)Nc1ccccc1F. The Morgan fingerprint density at radius 3 is 2.52 bits per heavy atom. The standard InChI is InChI=1S/C23H16FNO4/c24-18-8-4-5-9-19(18)25-23(27)14-28-16-10-11-21-17(12-16)20(26)13-22(29-21)15-6-2-1-3-7-15/h1-13H,14H2,(H,25,27). The molecule has 0 saturated heterocycles. The van der Waals surface area contributed by atoms with Gasteiger partial charge in [-0.15, -0.1) is 0 Å². The van der Waals surface area contributed by atoms with Gasteiger partial charge in [-0.25, -0.2) is 4.39 Å². The van der Waals surface area contributed by atoms with Gasteiger partial charge in [0.25, 0.3) is 5.91 Å². The molecule has 1 amide bonds. The van der Waals surface area contributed by atoms with Crippen LogP contribution in [0.15, 0.2) is 88.1 Å². The van der Waals surface area contributed by atoms with E-state index in [2.05, 4.69) is 5.32 Å². The number of benzene rings is 3. The second kappa shape index (κ2) is 7.98. The third kappa shape index (κ3) is 4.16. The van der Waals surface area contributed by atoms with E-state index < -0.39 is 11.7 Å². The fourth-order valence-corrected chi connectivity index (χ4v) is 2.87. The van der Waals surface area contributed by atoms with Gasteiger partial charge in [0.2, 0.25) is 0 Å². The molecule has 5 nitrogen and oxygen atoms in total. The predicted molar refractivity (Wildman–Crippen MR) is 108 cm³/mol. The van der Waals surface area contributed by atoms with Gasteiger partial charge in [-0.1, -0.05) is 42.5 Å². The molecular formula is C23H16FNO4. The minimum absolute atomic E-state index is 0.0775. The number of carbonyl (C=O) groups excluding carboxylic acids is 1. The first-order valence-corrected chi connectivity index (χ1v) is 8.91. The molecule has 0 aliphatic heterocycles. The maximum absolute atomic E-state index is 13.6. The number of rotatable bonds is 5. The topological polar surface area (TPSA) is 68.5 Å². The van der Waals surface area contributed by atoms with Crippen LogP contribution >= 0.6 is 0 Å². The second-order valence-electron chi connectivity index (χ2n) is 6.32. The van der Waals surface area contributed by atoms with E-state index >= 15 is 0 Å². The highest BCUT2D eigenvalue weighted by Crippen LogP contribution is 2.24. The number of fused-ring (bicyclic) bond motifs is 1. The fraction of sp³-hybridized carbons (Fsp3) is 0.0435. The van der Waals surface area contributed by atoms with Gasteiger partial charge < -0.3 is 14.5 Å². The number of hydrogen-bond acceptors (Lipinski definition) is 4. The van der Waals surface area contributed by atoms with Crippen molar-refractivity contribution in [2.45, 2.75) is 0 Å². The summed E-state index contributed by atoms with van der Waals surface area (Å²) in [6.45, 7) is -0.326. The fourth-order valence-electron chi connectivity index (χ4n) is 2.87. The van der Waals surface area contributed by atoms with E-state index in [1.807, 2.05) is 30.3 Å². The van der Waals surface area contributed by atoms with Crippen LogP contribution in [0.1, 0.15) is 0 Å². The first kappa shape index (κ1) is 18.4. The highest BCUT2D eigenvalue weighted by atomic mass is 19.1. The van der Waals surface area contributed by atoms with Crippen LogP contribution in [0.2, 0.25) is 0 Å². The molecule has 1 N–H and O–H groups in total. The summed E-state index contributed by atoms with van der Waals surface area (Å²) in [5.41, 5.74) is 1.08. The zero-order valence-corrected chi connectivity index (χ0v) is 15.2. The molecule has 0 bridgehead atoms. The minimum atomic E-state index is -0.529. The molecule has 3 aromatic carbocycles. The summed E-state index contributed by atoms with van der Waals surface area (Å²) in [5, 5.41) is 2.78. The van der Waals surface area contributed by atoms with Crippen LogP contribution in [-0.4, -0.2) is 12.5 Å². The third-order valence-electron chi connectivity index (χ3n) is 4.27. The summed E-state index contributed by atoms with van der Waals surface area (Å²) < 4.78 is 24.9. The summed E-state index contributed by atoms with van der Waals surface area (Å²) in [7, 11) is 0. The van der Waals surface area contributed by atoms with Crippen molar-refractivity contribution in [1.82, 2.24) is 0 Å². The Labute approximate surface area is 165 Å². The number of amides is 1. The lowest BCUT2D eigenvalue weighted by Crippen LogP contribution is -2.20. The van der Waals surface area contributed by atoms with E-state index in [0.717, 1.165) is 5.56 Å². The molecule has 4 rings (SSSR count).